The van der Waals surface area contributed by atoms with Crippen molar-refractivity contribution < 1.29 is 0 Å². The van der Waals surface area contributed by atoms with Crippen LogP contribution in [-0.4, -0.2) is 6.71 Å². The molecule has 8 aromatic rings. The average Bonchev–Trinajstić information content (AvgIpc) is 3.44. The number of hydrogen-bond acceptors (Lipinski definition) is 4. The summed E-state index contributed by atoms with van der Waals surface area (Å²) in [5, 5.41) is 1.38. The molecule has 5 heteroatoms. The third kappa shape index (κ3) is 8.53. The van der Waals surface area contributed by atoms with E-state index in [1.54, 1.807) is 0 Å². The minimum Gasteiger partial charge on any atom is -0.311 e. The Labute approximate surface area is 491 Å². The molecule has 81 heavy (non-hydrogen) atoms. The lowest BCUT2D eigenvalue weighted by Gasteiger charge is -2.48. The fraction of sp³-hybridized carbons (Fsp3) is 0.421. The monoisotopic (exact) mass is 1090 g/mol. The van der Waals surface area contributed by atoms with Gasteiger partial charge in [-0.1, -0.05) is 179 Å². The lowest BCUT2D eigenvalue weighted by Crippen LogP contribution is -2.61. The summed E-state index contributed by atoms with van der Waals surface area (Å²) in [5.41, 5.74) is 25.7. The maximum Gasteiger partial charge on any atom is 0.264 e. The molecule has 0 saturated carbocycles. The molecule has 0 atom stereocenters. The number of rotatable bonds is 5. The smallest absolute Gasteiger partial charge is 0.264 e. The van der Waals surface area contributed by atoms with Gasteiger partial charge in [0, 0.05) is 54.7 Å². The molecule has 0 radical (unpaired) electrons. The number of para-hydroxylation sites is 2. The Morgan fingerprint density at radius 1 is 0.407 bits per heavy atom. The number of hydrogen-bond donors (Lipinski definition) is 0. The largest absolute Gasteiger partial charge is 0.311 e. The molecule has 0 saturated heterocycles. The van der Waals surface area contributed by atoms with Gasteiger partial charge in [-0.15, -0.1) is 11.3 Å². The van der Waals surface area contributed by atoms with Crippen LogP contribution in [-0.2, 0) is 43.3 Å². The predicted octanol–water partition coefficient (Wildman–Crippen LogP) is 20.1. The lowest BCUT2D eigenvalue weighted by atomic mass is 9.35. The van der Waals surface area contributed by atoms with Gasteiger partial charge in [-0.05, 0) is 216 Å². The molecule has 0 N–H and O–H groups in total. The van der Waals surface area contributed by atoms with Crippen LogP contribution < -0.4 is 30.4 Å². The second-order valence-corrected chi connectivity index (χ2v) is 32.6. The minimum absolute atomic E-state index is 0.000307. The molecule has 0 unspecified atom stereocenters. The molecule has 0 spiro atoms. The maximum atomic E-state index is 2.79. The first kappa shape index (κ1) is 54.2. The molecule has 13 rings (SSSR count). The number of anilines is 9. The van der Waals surface area contributed by atoms with Gasteiger partial charge in [0.25, 0.3) is 6.71 Å². The van der Waals surface area contributed by atoms with Crippen LogP contribution in [0.3, 0.4) is 0 Å². The first-order valence-electron chi connectivity index (χ1n) is 30.7. The van der Waals surface area contributed by atoms with E-state index in [0.717, 1.165) is 36.3 Å². The molecule has 5 aliphatic rings. The van der Waals surface area contributed by atoms with Gasteiger partial charge in [0.2, 0.25) is 0 Å². The third-order valence-electron chi connectivity index (χ3n) is 20.9. The zero-order valence-corrected chi connectivity index (χ0v) is 53.1. The van der Waals surface area contributed by atoms with Gasteiger partial charge in [-0.25, -0.2) is 0 Å². The average molecular weight is 1090 g/mol. The van der Waals surface area contributed by atoms with Crippen LogP contribution in [0, 0.1) is 0 Å². The highest BCUT2D eigenvalue weighted by atomic mass is 32.1. The van der Waals surface area contributed by atoms with E-state index in [0.29, 0.717) is 0 Å². The van der Waals surface area contributed by atoms with Crippen molar-refractivity contribution in [3.63, 3.8) is 0 Å². The third-order valence-corrected chi connectivity index (χ3v) is 22.1. The van der Waals surface area contributed by atoms with Crippen molar-refractivity contribution in [3.8, 4) is 0 Å². The summed E-state index contributed by atoms with van der Waals surface area (Å²) in [6.45, 7) is 44.3. The highest BCUT2D eigenvalue weighted by Gasteiger charge is 2.50. The predicted molar refractivity (Wildman–Crippen MR) is 354 cm³/mol. The van der Waals surface area contributed by atoms with Crippen LogP contribution in [0.2, 0.25) is 0 Å². The summed E-state index contributed by atoms with van der Waals surface area (Å²) < 4.78 is 2.85. The molecule has 3 nitrogen and oxygen atoms in total. The van der Waals surface area contributed by atoms with Crippen molar-refractivity contribution in [2.75, 3.05) is 14.7 Å². The van der Waals surface area contributed by atoms with E-state index < -0.39 is 0 Å². The molecule has 2 aliphatic heterocycles. The van der Waals surface area contributed by atoms with Crippen molar-refractivity contribution in [2.24, 2.45) is 0 Å². The molecule has 7 aromatic carbocycles. The van der Waals surface area contributed by atoms with Crippen molar-refractivity contribution in [1.29, 1.82) is 0 Å². The van der Waals surface area contributed by atoms with Crippen LogP contribution >= 0.6 is 11.3 Å². The van der Waals surface area contributed by atoms with Gasteiger partial charge in [0.15, 0.2) is 0 Å². The fourth-order valence-corrected chi connectivity index (χ4v) is 16.5. The van der Waals surface area contributed by atoms with Crippen molar-refractivity contribution in [1.82, 2.24) is 0 Å². The summed E-state index contributed by atoms with van der Waals surface area (Å²) in [5.74, 6) is 0. The zero-order valence-electron chi connectivity index (χ0n) is 52.3. The number of benzene rings is 7. The van der Waals surface area contributed by atoms with Gasteiger partial charge in [-0.3, -0.25) is 0 Å². The molecule has 0 bridgehead atoms. The molecular weight excluding hydrogens is 998 g/mol. The Hall–Kier alpha value is -6.04. The Balaban J connectivity index is 1.24. The molecule has 3 heterocycles. The van der Waals surface area contributed by atoms with Gasteiger partial charge in [-0.2, -0.15) is 0 Å². The quantitative estimate of drug-likeness (QED) is 0.159. The van der Waals surface area contributed by atoms with E-state index in [1.807, 2.05) is 0 Å². The number of nitrogens with zero attached hydrogens (tertiary/aromatic N) is 3. The van der Waals surface area contributed by atoms with Crippen molar-refractivity contribution in [2.45, 2.75) is 206 Å². The van der Waals surface area contributed by atoms with E-state index in [2.05, 4.69) is 284 Å². The highest BCUT2D eigenvalue weighted by Crippen LogP contribution is 2.57. The van der Waals surface area contributed by atoms with E-state index in [1.165, 1.54) is 124 Å². The summed E-state index contributed by atoms with van der Waals surface area (Å²) in [4.78, 5) is 8.06. The van der Waals surface area contributed by atoms with Crippen molar-refractivity contribution >= 4 is 95.0 Å². The van der Waals surface area contributed by atoms with Crippen LogP contribution in [0.4, 0.5) is 51.2 Å². The van der Waals surface area contributed by atoms with Crippen LogP contribution in [0.5, 0.6) is 0 Å². The Bertz CT molecular complexity index is 3800. The van der Waals surface area contributed by atoms with Gasteiger partial charge in [0.1, 0.15) is 0 Å². The van der Waals surface area contributed by atoms with E-state index in [9.17, 15) is 0 Å². The zero-order chi connectivity index (χ0) is 57.5. The molecular formula is C76H88BN3S. The maximum absolute atomic E-state index is 2.79. The van der Waals surface area contributed by atoms with Gasteiger partial charge in [0.05, 0.1) is 11.4 Å². The SMILES string of the molecule is CC(C)(C)c1cc(N2c3cc4c(cc3B3c5sc6cc7c(cc6c5N(c5ccc6c(c5)C(C)(C)CCC6(C)C)c5cc(N(c6ccccc6)c6ccccc6)cc2c53)C(C)(C)CCC7(C)C)C(C)(C)CCC4(C)C)cc(C(C)(C)C)c1. The molecule has 0 amide bonds. The van der Waals surface area contributed by atoms with Crippen LogP contribution in [0.25, 0.3) is 10.1 Å². The van der Waals surface area contributed by atoms with E-state index in [4.69, 9.17) is 0 Å². The first-order chi connectivity index (χ1) is 37.9. The molecule has 3 aliphatic carbocycles. The molecule has 0 fully saturated rings. The van der Waals surface area contributed by atoms with Crippen LogP contribution in [0.15, 0.2) is 133 Å². The van der Waals surface area contributed by atoms with Gasteiger partial charge < -0.3 is 14.7 Å². The summed E-state index contributed by atoms with van der Waals surface area (Å²) >= 11 is 2.08. The second-order valence-electron chi connectivity index (χ2n) is 31.5. The molecule has 416 valence electrons. The summed E-state index contributed by atoms with van der Waals surface area (Å²) in [7, 11) is 0. The highest BCUT2D eigenvalue weighted by molar-refractivity contribution is 7.33. The van der Waals surface area contributed by atoms with E-state index in [-0.39, 0.29) is 50.0 Å². The number of thiophene rings is 1. The van der Waals surface area contributed by atoms with Crippen LogP contribution in [0.1, 0.15) is 208 Å². The second kappa shape index (κ2) is 17.7. The fourth-order valence-electron chi connectivity index (χ4n) is 15.2. The lowest BCUT2D eigenvalue weighted by molar-refractivity contribution is 0.332. The standard InChI is InChI=1S/C76H88BN3S/c1-69(2,3)47-37-48(70(4,5)6)39-52(38-47)79-62-45-59-58(74(13,14)34-35-75(59,15)16)44-61(62)77-66-63(79)41-53(78(49-25-21-19-22-26-49)50-27-23-20-24-28-50)42-64(66)80(51-29-30-55-56(40-51)72(9,10)32-31-71(55,7)8)67-54-43-57-60(46-65(54)81-68(67)77)76(17,18)36-33-73(57,11)12/h19-30,37-46H,31-36H2,1-18H3. The Kier molecular flexibility index (Phi) is 11.9. The summed E-state index contributed by atoms with van der Waals surface area (Å²) in [6, 6.07) is 53.5. The first-order valence-corrected chi connectivity index (χ1v) is 31.5. The topological polar surface area (TPSA) is 9.72 Å². The number of fused-ring (bicyclic) bond motifs is 9. The minimum atomic E-state index is -0.0857. The van der Waals surface area contributed by atoms with E-state index >= 15 is 0 Å². The summed E-state index contributed by atoms with van der Waals surface area (Å²) in [6.07, 6.45) is 7.00. The van der Waals surface area contributed by atoms with Crippen molar-refractivity contribution in [3.05, 3.63) is 178 Å². The normalized spacial score (nSPS) is 19.5. The molecule has 1 aromatic heterocycles. The Morgan fingerprint density at radius 2 is 0.852 bits per heavy atom. The van der Waals surface area contributed by atoms with Gasteiger partial charge >= 0.3 is 0 Å². The Morgan fingerprint density at radius 3 is 1.36 bits per heavy atom.